The van der Waals surface area contributed by atoms with Gasteiger partial charge in [-0.25, -0.2) is 0 Å². The molecule has 0 bridgehead atoms. The van der Waals surface area contributed by atoms with Gasteiger partial charge in [0.25, 0.3) is 0 Å². The molecule has 0 aromatic rings. The third kappa shape index (κ3) is 1.88. The quantitative estimate of drug-likeness (QED) is 0.652. The van der Waals surface area contributed by atoms with Crippen LogP contribution in [0.3, 0.4) is 0 Å². The SMILES string of the molecule is OCC1=C(C(F)(F)F)C=CCC1. The highest BCUT2D eigenvalue weighted by Gasteiger charge is 2.34. The van der Waals surface area contributed by atoms with Gasteiger partial charge < -0.3 is 5.11 Å². The van der Waals surface area contributed by atoms with Crippen LogP contribution in [0.2, 0.25) is 0 Å². The highest BCUT2D eigenvalue weighted by Crippen LogP contribution is 2.33. The number of aliphatic hydroxyl groups is 1. The maximum Gasteiger partial charge on any atom is 0.416 e. The first-order valence-electron chi connectivity index (χ1n) is 3.62. The van der Waals surface area contributed by atoms with E-state index >= 15 is 0 Å². The maximum absolute atomic E-state index is 12.2. The van der Waals surface area contributed by atoms with Crippen molar-refractivity contribution in [1.29, 1.82) is 0 Å². The summed E-state index contributed by atoms with van der Waals surface area (Å²) < 4.78 is 36.5. The lowest BCUT2D eigenvalue weighted by Crippen LogP contribution is -2.15. The van der Waals surface area contributed by atoms with E-state index in [0.717, 1.165) is 6.08 Å². The van der Waals surface area contributed by atoms with Gasteiger partial charge >= 0.3 is 6.18 Å². The van der Waals surface area contributed by atoms with E-state index in [2.05, 4.69) is 0 Å². The molecule has 0 aliphatic heterocycles. The van der Waals surface area contributed by atoms with Crippen molar-refractivity contribution in [2.45, 2.75) is 19.0 Å². The van der Waals surface area contributed by atoms with Gasteiger partial charge in [0.15, 0.2) is 0 Å². The van der Waals surface area contributed by atoms with Crippen molar-refractivity contribution >= 4 is 0 Å². The lowest BCUT2D eigenvalue weighted by molar-refractivity contribution is -0.0897. The van der Waals surface area contributed by atoms with Crippen LogP contribution in [0.15, 0.2) is 23.3 Å². The van der Waals surface area contributed by atoms with Crippen molar-refractivity contribution in [3.8, 4) is 0 Å². The minimum Gasteiger partial charge on any atom is -0.392 e. The Morgan fingerprint density at radius 2 is 2.08 bits per heavy atom. The normalized spacial score (nSPS) is 18.7. The van der Waals surface area contributed by atoms with Gasteiger partial charge in [-0.05, 0) is 18.4 Å². The third-order valence-electron chi connectivity index (χ3n) is 1.77. The lowest BCUT2D eigenvalue weighted by atomic mass is 9.98. The fourth-order valence-corrected chi connectivity index (χ4v) is 1.17. The van der Waals surface area contributed by atoms with Crippen molar-refractivity contribution in [3.05, 3.63) is 23.3 Å². The van der Waals surface area contributed by atoms with Gasteiger partial charge in [0.05, 0.1) is 12.2 Å². The first-order chi connectivity index (χ1) is 5.55. The van der Waals surface area contributed by atoms with E-state index in [9.17, 15) is 13.2 Å². The highest BCUT2D eigenvalue weighted by molar-refractivity contribution is 5.33. The highest BCUT2D eigenvalue weighted by atomic mass is 19.4. The summed E-state index contributed by atoms with van der Waals surface area (Å²) in [5.41, 5.74) is -0.596. The molecule has 0 saturated carbocycles. The molecular weight excluding hydrogens is 169 g/mol. The number of hydrogen-bond acceptors (Lipinski definition) is 1. The molecule has 0 unspecified atom stereocenters. The first-order valence-corrected chi connectivity index (χ1v) is 3.62. The van der Waals surface area contributed by atoms with Gasteiger partial charge in [0, 0.05) is 0 Å². The molecule has 12 heavy (non-hydrogen) atoms. The number of allylic oxidation sites excluding steroid dienone is 3. The van der Waals surface area contributed by atoms with E-state index in [1.165, 1.54) is 6.08 Å². The molecule has 0 radical (unpaired) electrons. The van der Waals surface area contributed by atoms with Gasteiger partial charge in [-0.15, -0.1) is 0 Å². The van der Waals surface area contributed by atoms with Crippen molar-refractivity contribution < 1.29 is 18.3 Å². The van der Waals surface area contributed by atoms with Crippen LogP contribution in [0.25, 0.3) is 0 Å². The molecule has 0 aromatic carbocycles. The predicted molar refractivity (Wildman–Crippen MR) is 38.5 cm³/mol. The molecule has 0 fully saturated rings. The van der Waals surface area contributed by atoms with Gasteiger partial charge in [-0.2, -0.15) is 13.2 Å². The van der Waals surface area contributed by atoms with Gasteiger partial charge in [0.1, 0.15) is 0 Å². The topological polar surface area (TPSA) is 20.2 Å². The Morgan fingerprint density at radius 3 is 2.50 bits per heavy atom. The van der Waals surface area contributed by atoms with Crippen LogP contribution >= 0.6 is 0 Å². The maximum atomic E-state index is 12.2. The van der Waals surface area contributed by atoms with Crippen LogP contribution in [0, 0.1) is 0 Å². The number of hydrogen-bond donors (Lipinski definition) is 1. The Bertz CT molecular complexity index is 225. The zero-order chi connectivity index (χ0) is 9.19. The molecule has 1 aliphatic carbocycles. The van der Waals surface area contributed by atoms with E-state index < -0.39 is 18.4 Å². The predicted octanol–water partition coefficient (Wildman–Crippen LogP) is 2.19. The van der Waals surface area contributed by atoms with Gasteiger partial charge in [-0.3, -0.25) is 0 Å². The first kappa shape index (κ1) is 9.32. The second kappa shape index (κ2) is 3.31. The van der Waals surface area contributed by atoms with Crippen molar-refractivity contribution in [3.63, 3.8) is 0 Å². The van der Waals surface area contributed by atoms with E-state index in [1.54, 1.807) is 0 Å². The Balaban J connectivity index is 2.97. The largest absolute Gasteiger partial charge is 0.416 e. The Kier molecular flexibility index (Phi) is 2.57. The summed E-state index contributed by atoms with van der Waals surface area (Å²) in [5.74, 6) is 0. The molecule has 0 amide bonds. The van der Waals surface area contributed by atoms with Crippen molar-refractivity contribution in [2.75, 3.05) is 6.61 Å². The molecule has 0 spiro atoms. The molecule has 0 saturated heterocycles. The molecule has 1 aliphatic rings. The summed E-state index contributed by atoms with van der Waals surface area (Å²) in [6.45, 7) is -0.501. The van der Waals surface area contributed by atoms with Crippen LogP contribution in [0.4, 0.5) is 13.2 Å². The average Bonchev–Trinajstić information content (AvgIpc) is 2.03. The molecular formula is C8H9F3O. The molecule has 0 atom stereocenters. The number of aliphatic hydroxyl groups excluding tert-OH is 1. The molecule has 4 heteroatoms. The molecule has 68 valence electrons. The number of rotatable bonds is 1. The Labute approximate surface area is 68.2 Å². The van der Waals surface area contributed by atoms with Gasteiger partial charge in [0.2, 0.25) is 0 Å². The summed E-state index contributed by atoms with van der Waals surface area (Å²) in [6.07, 6.45) is -0.927. The summed E-state index contributed by atoms with van der Waals surface area (Å²) in [5, 5.41) is 8.63. The average molecular weight is 178 g/mol. The van der Waals surface area contributed by atoms with Crippen LogP contribution in [-0.4, -0.2) is 17.9 Å². The molecule has 0 heterocycles. The van der Waals surface area contributed by atoms with Crippen molar-refractivity contribution in [1.82, 2.24) is 0 Å². The molecule has 1 nitrogen and oxygen atoms in total. The fourth-order valence-electron chi connectivity index (χ4n) is 1.17. The Hall–Kier alpha value is -0.770. The summed E-state index contributed by atoms with van der Waals surface area (Å²) in [7, 11) is 0. The minimum absolute atomic E-state index is 0.0880. The Morgan fingerprint density at radius 1 is 1.42 bits per heavy atom. The fraction of sp³-hybridized carbons (Fsp3) is 0.500. The number of halogens is 3. The molecule has 1 rings (SSSR count). The van der Waals surface area contributed by atoms with Gasteiger partial charge in [-0.1, -0.05) is 12.2 Å². The summed E-state index contributed by atoms with van der Waals surface area (Å²) in [6, 6.07) is 0. The zero-order valence-corrected chi connectivity index (χ0v) is 6.36. The van der Waals surface area contributed by atoms with Crippen LogP contribution in [0.5, 0.6) is 0 Å². The monoisotopic (exact) mass is 178 g/mol. The van der Waals surface area contributed by atoms with Crippen LogP contribution in [0.1, 0.15) is 12.8 Å². The molecule has 1 N–H and O–H groups in total. The standard InChI is InChI=1S/C8H9F3O/c9-8(10,11)7-4-2-1-3-6(7)5-12/h2,4,12H,1,3,5H2. The third-order valence-corrected chi connectivity index (χ3v) is 1.77. The summed E-state index contributed by atoms with van der Waals surface area (Å²) in [4.78, 5) is 0. The molecule has 0 aromatic heterocycles. The summed E-state index contributed by atoms with van der Waals surface area (Å²) >= 11 is 0. The lowest BCUT2D eigenvalue weighted by Gasteiger charge is -2.16. The van der Waals surface area contributed by atoms with Crippen molar-refractivity contribution in [2.24, 2.45) is 0 Å². The second-order valence-corrected chi connectivity index (χ2v) is 2.61. The van der Waals surface area contributed by atoms with Crippen LogP contribution in [-0.2, 0) is 0 Å². The van der Waals surface area contributed by atoms with Crippen LogP contribution < -0.4 is 0 Å². The zero-order valence-electron chi connectivity index (χ0n) is 6.36. The second-order valence-electron chi connectivity index (χ2n) is 2.61. The number of alkyl halides is 3. The van der Waals surface area contributed by atoms with E-state index in [0.29, 0.717) is 12.8 Å². The van der Waals surface area contributed by atoms with E-state index in [4.69, 9.17) is 5.11 Å². The minimum atomic E-state index is -4.32. The van der Waals surface area contributed by atoms with E-state index in [1.807, 2.05) is 0 Å². The smallest absolute Gasteiger partial charge is 0.392 e. The van der Waals surface area contributed by atoms with E-state index in [-0.39, 0.29) is 5.57 Å².